The Morgan fingerprint density at radius 1 is 1.20 bits per heavy atom. The summed E-state index contributed by atoms with van der Waals surface area (Å²) in [6, 6.07) is 14.1. The normalized spacial score (nSPS) is 10.7. The van der Waals surface area contributed by atoms with Gasteiger partial charge in [-0.1, -0.05) is 28.1 Å². The van der Waals surface area contributed by atoms with Crippen LogP contribution in [0.5, 0.6) is 0 Å². The van der Waals surface area contributed by atoms with Gasteiger partial charge >= 0.3 is 0 Å². The molecular formula is C19H16BrN3O2. The van der Waals surface area contributed by atoms with Gasteiger partial charge in [0.1, 0.15) is 11.6 Å². The molecule has 25 heavy (non-hydrogen) atoms. The van der Waals surface area contributed by atoms with E-state index in [1.165, 1.54) is 13.1 Å². The Balaban J connectivity index is 2.14. The van der Waals surface area contributed by atoms with Crippen molar-refractivity contribution in [3.8, 4) is 6.07 Å². The average molecular weight is 398 g/mol. The molecule has 0 saturated heterocycles. The zero-order chi connectivity index (χ0) is 18.4. The maximum Gasteiger partial charge on any atom is 0.267 e. The van der Waals surface area contributed by atoms with Crippen molar-refractivity contribution in [2.24, 2.45) is 0 Å². The van der Waals surface area contributed by atoms with Crippen LogP contribution >= 0.6 is 15.9 Å². The van der Waals surface area contributed by atoms with Crippen LogP contribution in [-0.4, -0.2) is 11.7 Å². The van der Waals surface area contributed by atoms with Gasteiger partial charge in [0.25, 0.3) is 5.91 Å². The van der Waals surface area contributed by atoms with Gasteiger partial charge in [-0.25, -0.2) is 0 Å². The second kappa shape index (κ2) is 8.27. The zero-order valence-corrected chi connectivity index (χ0v) is 15.3. The summed E-state index contributed by atoms with van der Waals surface area (Å²) in [5, 5.41) is 14.8. The molecule has 0 aliphatic heterocycles. The molecule has 0 aliphatic rings. The highest BCUT2D eigenvalue weighted by molar-refractivity contribution is 9.10. The van der Waals surface area contributed by atoms with E-state index in [2.05, 4.69) is 26.6 Å². The van der Waals surface area contributed by atoms with Crippen LogP contribution in [0.1, 0.15) is 22.8 Å². The van der Waals surface area contributed by atoms with E-state index in [1.54, 1.807) is 24.3 Å². The number of nitrogens with zero attached hydrogens (tertiary/aromatic N) is 1. The van der Waals surface area contributed by atoms with E-state index in [-0.39, 0.29) is 11.4 Å². The lowest BCUT2D eigenvalue weighted by molar-refractivity contribution is -0.112. The van der Waals surface area contributed by atoms with Gasteiger partial charge in [-0.15, -0.1) is 0 Å². The number of amides is 1. The number of ketones is 1. The van der Waals surface area contributed by atoms with Crippen molar-refractivity contribution in [2.75, 3.05) is 10.6 Å². The minimum absolute atomic E-state index is 0.0736. The number of carbonyl (C=O) groups excluding carboxylic acids is 2. The number of carbonyl (C=O) groups is 2. The molecule has 1 amide bonds. The Labute approximate surface area is 154 Å². The van der Waals surface area contributed by atoms with Crippen LogP contribution in [0.2, 0.25) is 0 Å². The van der Waals surface area contributed by atoms with Crippen LogP contribution in [0.15, 0.2) is 58.7 Å². The van der Waals surface area contributed by atoms with Crippen molar-refractivity contribution in [1.82, 2.24) is 0 Å². The average Bonchev–Trinajstić information content (AvgIpc) is 2.57. The van der Waals surface area contributed by atoms with Gasteiger partial charge in [-0.05, 0) is 49.7 Å². The molecule has 2 aromatic carbocycles. The fourth-order valence-corrected chi connectivity index (χ4v) is 2.58. The third kappa shape index (κ3) is 5.03. The van der Waals surface area contributed by atoms with Crippen molar-refractivity contribution in [3.05, 3.63) is 69.8 Å². The van der Waals surface area contributed by atoms with Crippen molar-refractivity contribution in [2.45, 2.75) is 13.8 Å². The Morgan fingerprint density at radius 2 is 1.96 bits per heavy atom. The number of benzene rings is 2. The molecule has 0 spiro atoms. The quantitative estimate of drug-likeness (QED) is 0.444. The summed E-state index contributed by atoms with van der Waals surface area (Å²) in [6.45, 7) is 3.37. The molecule has 0 unspecified atom stereocenters. The summed E-state index contributed by atoms with van der Waals surface area (Å²) < 4.78 is 0.947. The lowest BCUT2D eigenvalue weighted by Crippen LogP contribution is -2.15. The molecule has 2 aromatic rings. The minimum atomic E-state index is -0.550. The number of anilines is 2. The number of rotatable bonds is 5. The topological polar surface area (TPSA) is 82.0 Å². The third-order valence-electron chi connectivity index (χ3n) is 3.45. The molecule has 0 aromatic heterocycles. The Kier molecular flexibility index (Phi) is 6.09. The van der Waals surface area contributed by atoms with Gasteiger partial charge in [0.15, 0.2) is 5.78 Å². The number of nitrogens with one attached hydrogen (secondary N) is 2. The molecule has 2 rings (SSSR count). The van der Waals surface area contributed by atoms with Crippen LogP contribution in [0.3, 0.4) is 0 Å². The van der Waals surface area contributed by atoms with E-state index in [9.17, 15) is 14.9 Å². The Hall–Kier alpha value is -2.91. The van der Waals surface area contributed by atoms with E-state index < -0.39 is 5.91 Å². The predicted molar refractivity (Wildman–Crippen MR) is 101 cm³/mol. The highest BCUT2D eigenvalue weighted by atomic mass is 79.9. The van der Waals surface area contributed by atoms with E-state index in [0.717, 1.165) is 15.7 Å². The molecule has 2 N–H and O–H groups in total. The summed E-state index contributed by atoms with van der Waals surface area (Å²) in [5.74, 6) is -0.648. The van der Waals surface area contributed by atoms with Crippen LogP contribution in [0.25, 0.3) is 0 Å². The predicted octanol–water partition coefficient (Wildman–Crippen LogP) is 4.42. The summed E-state index contributed by atoms with van der Waals surface area (Å²) in [6.07, 6.45) is 1.36. The first-order valence-electron chi connectivity index (χ1n) is 7.46. The molecule has 6 heteroatoms. The monoisotopic (exact) mass is 397 g/mol. The van der Waals surface area contributed by atoms with Gasteiger partial charge < -0.3 is 10.6 Å². The fourth-order valence-electron chi connectivity index (χ4n) is 2.10. The molecule has 5 nitrogen and oxygen atoms in total. The third-order valence-corrected chi connectivity index (χ3v) is 3.95. The molecule has 0 saturated carbocycles. The first kappa shape index (κ1) is 18.4. The number of hydrogen-bond donors (Lipinski definition) is 2. The molecule has 0 radical (unpaired) electrons. The molecule has 0 fully saturated rings. The first-order chi connectivity index (χ1) is 11.9. The number of aryl methyl sites for hydroxylation is 1. The molecule has 0 aliphatic carbocycles. The van der Waals surface area contributed by atoms with Crippen LogP contribution in [-0.2, 0) is 4.79 Å². The van der Waals surface area contributed by atoms with Gasteiger partial charge in [0.05, 0.1) is 0 Å². The molecular weight excluding hydrogens is 382 g/mol. The second-order valence-electron chi connectivity index (χ2n) is 5.36. The van der Waals surface area contributed by atoms with Crippen LogP contribution in [0.4, 0.5) is 11.4 Å². The summed E-state index contributed by atoms with van der Waals surface area (Å²) in [5.41, 5.74) is 2.64. The van der Waals surface area contributed by atoms with Gasteiger partial charge in [-0.2, -0.15) is 5.26 Å². The van der Waals surface area contributed by atoms with E-state index in [0.29, 0.717) is 11.3 Å². The second-order valence-corrected chi connectivity index (χ2v) is 6.28. The molecule has 0 bridgehead atoms. The van der Waals surface area contributed by atoms with Gasteiger partial charge in [-0.3, -0.25) is 9.59 Å². The summed E-state index contributed by atoms with van der Waals surface area (Å²) in [4.78, 5) is 23.6. The first-order valence-corrected chi connectivity index (χ1v) is 8.25. The Bertz CT molecular complexity index is 898. The van der Waals surface area contributed by atoms with Crippen molar-refractivity contribution in [1.29, 1.82) is 5.26 Å². The highest BCUT2D eigenvalue weighted by Crippen LogP contribution is 2.20. The Morgan fingerprint density at radius 3 is 2.60 bits per heavy atom. The number of Topliss-reactive ketones (excluding diaryl/α,β-unsaturated/α-hetero) is 1. The number of nitriles is 1. The van der Waals surface area contributed by atoms with E-state index in [4.69, 9.17) is 0 Å². The van der Waals surface area contributed by atoms with Gasteiger partial charge in [0, 0.05) is 27.6 Å². The lowest BCUT2D eigenvalue weighted by Gasteiger charge is -2.08. The standard InChI is InChI=1S/C19H16BrN3O2/c1-12-8-16(20)6-7-18(12)22-11-15(10-21)19(25)23-17-5-3-4-14(9-17)13(2)24/h3-9,11,22H,1-2H3,(H,23,25)/b15-11-. The number of hydrogen-bond acceptors (Lipinski definition) is 4. The van der Waals surface area contributed by atoms with Crippen molar-refractivity contribution in [3.63, 3.8) is 0 Å². The van der Waals surface area contributed by atoms with Gasteiger partial charge in [0.2, 0.25) is 0 Å². The molecule has 126 valence electrons. The maximum atomic E-state index is 12.3. The molecule has 0 heterocycles. The summed E-state index contributed by atoms with van der Waals surface area (Å²) in [7, 11) is 0. The largest absolute Gasteiger partial charge is 0.360 e. The SMILES string of the molecule is CC(=O)c1cccc(NC(=O)/C(C#N)=C\Nc2ccc(Br)cc2C)c1. The smallest absolute Gasteiger partial charge is 0.267 e. The maximum absolute atomic E-state index is 12.3. The van der Waals surface area contributed by atoms with E-state index >= 15 is 0 Å². The van der Waals surface area contributed by atoms with E-state index in [1.807, 2.05) is 31.2 Å². The zero-order valence-electron chi connectivity index (χ0n) is 13.8. The van der Waals surface area contributed by atoms with Crippen LogP contribution < -0.4 is 10.6 Å². The molecule has 0 atom stereocenters. The summed E-state index contributed by atoms with van der Waals surface area (Å²) >= 11 is 3.38. The van der Waals surface area contributed by atoms with Crippen LogP contribution in [0, 0.1) is 18.3 Å². The van der Waals surface area contributed by atoms with Crippen molar-refractivity contribution < 1.29 is 9.59 Å². The fraction of sp³-hybridized carbons (Fsp3) is 0.105. The lowest BCUT2D eigenvalue weighted by atomic mass is 10.1. The van der Waals surface area contributed by atoms with Crippen molar-refractivity contribution >= 4 is 39.0 Å². The number of halogens is 1. The minimum Gasteiger partial charge on any atom is -0.360 e. The highest BCUT2D eigenvalue weighted by Gasteiger charge is 2.10.